The van der Waals surface area contributed by atoms with Gasteiger partial charge in [-0.1, -0.05) is 39.3 Å². The number of likely N-dealkylation sites (N-methyl/N-ethyl adjacent to an activating group) is 1. The van der Waals surface area contributed by atoms with Crippen LogP contribution in [0.3, 0.4) is 0 Å². The summed E-state index contributed by atoms with van der Waals surface area (Å²) in [6, 6.07) is 0.132. The van der Waals surface area contributed by atoms with Crippen LogP contribution in [0.1, 0.15) is 91.9 Å². The zero-order valence-corrected chi connectivity index (χ0v) is 28.0. The van der Waals surface area contributed by atoms with Crippen LogP contribution in [-0.4, -0.2) is 86.0 Å². The number of amides is 2. The number of nitrogens with one attached hydrogen (secondary N) is 2. The maximum atomic E-state index is 12.9. The standard InChI is InChI=1S/C36H58N4O4/c1-23-8-13-36(43-21-23)24(2)33-30(44-36)19-29-27-7-6-25-18-26(9-11-34(25,3)28(27)10-12-35(29,33)4)38-32(42)20-31(41)37-22-40-16-14-39(5)15-17-40/h6,23-24,26-30,33H,7-22H2,1-5H3,(H,37,41)(H,38,42)/t23-,24+,26+,27-,28+,29+,30+,33+,34+,35+,36-/m1/s1. The summed E-state index contributed by atoms with van der Waals surface area (Å²) in [5.41, 5.74) is 2.11. The third kappa shape index (κ3) is 5.28. The predicted octanol–water partition coefficient (Wildman–Crippen LogP) is 4.55. The molecule has 8 heteroatoms. The predicted molar refractivity (Wildman–Crippen MR) is 170 cm³/mol. The molecular formula is C36H58N4O4. The molecular weight excluding hydrogens is 552 g/mol. The lowest BCUT2D eigenvalue weighted by Crippen LogP contribution is -2.53. The molecule has 0 aromatic carbocycles. The Morgan fingerprint density at radius 3 is 2.55 bits per heavy atom. The number of carbonyl (C=O) groups is 2. The topological polar surface area (TPSA) is 83.1 Å². The summed E-state index contributed by atoms with van der Waals surface area (Å²) in [4.78, 5) is 29.9. The molecule has 4 aliphatic carbocycles. The van der Waals surface area contributed by atoms with Gasteiger partial charge in [0, 0.05) is 44.6 Å². The van der Waals surface area contributed by atoms with Gasteiger partial charge in [0.05, 0.1) is 19.4 Å². The molecule has 1 spiro atoms. The molecule has 3 aliphatic heterocycles. The molecule has 3 heterocycles. The number of carbonyl (C=O) groups excluding carboxylic acids is 2. The molecule has 2 amide bonds. The van der Waals surface area contributed by atoms with E-state index >= 15 is 0 Å². The van der Waals surface area contributed by atoms with Gasteiger partial charge in [-0.05, 0) is 98.8 Å². The molecule has 3 saturated heterocycles. The largest absolute Gasteiger partial charge is 0.353 e. The average molecular weight is 611 g/mol. The van der Waals surface area contributed by atoms with Gasteiger partial charge >= 0.3 is 0 Å². The smallest absolute Gasteiger partial charge is 0.230 e. The van der Waals surface area contributed by atoms with E-state index < -0.39 is 0 Å². The summed E-state index contributed by atoms with van der Waals surface area (Å²) in [7, 11) is 2.12. The summed E-state index contributed by atoms with van der Waals surface area (Å²) in [6.07, 6.45) is 13.1. The van der Waals surface area contributed by atoms with Crippen LogP contribution in [0.4, 0.5) is 0 Å². The van der Waals surface area contributed by atoms with Gasteiger partial charge in [-0.2, -0.15) is 0 Å². The molecule has 8 nitrogen and oxygen atoms in total. The Balaban J connectivity index is 0.949. The van der Waals surface area contributed by atoms with Crippen LogP contribution in [0.25, 0.3) is 0 Å². The Hall–Kier alpha value is -1.48. The van der Waals surface area contributed by atoms with Crippen molar-refractivity contribution in [2.75, 3.05) is 46.5 Å². The van der Waals surface area contributed by atoms with E-state index in [2.05, 4.69) is 61.3 Å². The Labute approximate surface area is 265 Å². The molecule has 11 atom stereocenters. The van der Waals surface area contributed by atoms with Gasteiger partial charge < -0.3 is 25.0 Å². The maximum Gasteiger partial charge on any atom is 0.230 e. The number of nitrogens with zero attached hydrogens (tertiary/aromatic N) is 2. The molecule has 3 saturated carbocycles. The zero-order valence-electron chi connectivity index (χ0n) is 28.0. The number of allylic oxidation sites excluding steroid dienone is 1. The third-order valence-corrected chi connectivity index (χ3v) is 14.2. The van der Waals surface area contributed by atoms with Crippen LogP contribution in [-0.2, 0) is 19.1 Å². The van der Waals surface area contributed by atoms with Gasteiger partial charge in [-0.25, -0.2) is 0 Å². The lowest BCUT2D eigenvalue weighted by Gasteiger charge is -2.58. The monoisotopic (exact) mass is 610 g/mol. The maximum absolute atomic E-state index is 12.9. The quantitative estimate of drug-likeness (QED) is 0.351. The van der Waals surface area contributed by atoms with Crippen LogP contribution in [0.2, 0.25) is 0 Å². The molecule has 0 unspecified atom stereocenters. The zero-order chi connectivity index (χ0) is 30.9. The molecule has 6 fully saturated rings. The van der Waals surface area contributed by atoms with E-state index in [0.717, 1.165) is 76.7 Å². The minimum absolute atomic E-state index is 0.0836. The van der Waals surface area contributed by atoms with E-state index in [0.29, 0.717) is 41.9 Å². The van der Waals surface area contributed by atoms with Crippen molar-refractivity contribution in [2.24, 2.45) is 46.3 Å². The van der Waals surface area contributed by atoms with Crippen molar-refractivity contribution in [3.05, 3.63) is 11.6 Å². The number of ether oxygens (including phenoxy) is 2. The lowest BCUT2D eigenvalue weighted by atomic mass is 9.46. The number of rotatable bonds is 5. The second-order valence-electron chi connectivity index (χ2n) is 16.6. The first kappa shape index (κ1) is 31.1. The SMILES string of the molecule is C[C@@H]1CC[C@@]2(OC1)O[C@H]1C[C@H]3[C@@H]4CC=C5C[C@@H](NC(=O)CC(=O)NCN6CCN(C)CC6)CC[C@]5(C)[C@H]4CC[C@]3(C)[C@H]1[C@@H]2C. The van der Waals surface area contributed by atoms with E-state index in [4.69, 9.17) is 9.47 Å². The van der Waals surface area contributed by atoms with Gasteiger partial charge in [0.1, 0.15) is 6.42 Å². The van der Waals surface area contributed by atoms with E-state index in [1.807, 2.05) is 0 Å². The Bertz CT molecular complexity index is 1140. The molecule has 246 valence electrons. The highest BCUT2D eigenvalue weighted by molar-refractivity contribution is 5.96. The fraction of sp³-hybridized carbons (Fsp3) is 0.889. The van der Waals surface area contributed by atoms with Gasteiger partial charge in [0.2, 0.25) is 11.8 Å². The van der Waals surface area contributed by atoms with Crippen LogP contribution < -0.4 is 10.6 Å². The number of fused-ring (bicyclic) bond motifs is 7. The van der Waals surface area contributed by atoms with Crippen molar-refractivity contribution < 1.29 is 19.1 Å². The van der Waals surface area contributed by atoms with Gasteiger partial charge in [-0.15, -0.1) is 0 Å². The van der Waals surface area contributed by atoms with Crippen molar-refractivity contribution in [1.82, 2.24) is 20.4 Å². The fourth-order valence-corrected chi connectivity index (χ4v) is 11.5. The Morgan fingerprint density at radius 1 is 1.00 bits per heavy atom. The van der Waals surface area contributed by atoms with Gasteiger partial charge in [0.25, 0.3) is 0 Å². The summed E-state index contributed by atoms with van der Waals surface area (Å²) in [6.45, 7) is 15.2. The van der Waals surface area contributed by atoms with Crippen molar-refractivity contribution in [3.8, 4) is 0 Å². The van der Waals surface area contributed by atoms with E-state index in [-0.39, 0.29) is 35.5 Å². The molecule has 0 aromatic heterocycles. The number of hydrogen-bond acceptors (Lipinski definition) is 6. The van der Waals surface area contributed by atoms with Gasteiger partial charge in [0.15, 0.2) is 5.79 Å². The second kappa shape index (κ2) is 11.6. The molecule has 0 bridgehead atoms. The van der Waals surface area contributed by atoms with Crippen molar-refractivity contribution >= 4 is 11.8 Å². The minimum Gasteiger partial charge on any atom is -0.353 e. The van der Waals surface area contributed by atoms with Crippen LogP contribution in [0, 0.1) is 46.3 Å². The Morgan fingerprint density at radius 2 is 1.80 bits per heavy atom. The van der Waals surface area contributed by atoms with Crippen LogP contribution in [0.5, 0.6) is 0 Å². The van der Waals surface area contributed by atoms with Gasteiger partial charge in [-0.3, -0.25) is 14.5 Å². The minimum atomic E-state index is -0.341. The van der Waals surface area contributed by atoms with Crippen molar-refractivity contribution in [1.29, 1.82) is 0 Å². The molecule has 0 aromatic rings. The first-order chi connectivity index (χ1) is 21.0. The summed E-state index contributed by atoms with van der Waals surface area (Å²) < 4.78 is 13.5. The molecule has 7 aliphatic rings. The average Bonchev–Trinajstić information content (AvgIpc) is 3.44. The second-order valence-corrected chi connectivity index (χ2v) is 16.6. The highest BCUT2D eigenvalue weighted by atomic mass is 16.7. The third-order valence-electron chi connectivity index (χ3n) is 14.2. The normalized spacial score (nSPS) is 47.2. The lowest BCUT2D eigenvalue weighted by molar-refractivity contribution is -0.272. The summed E-state index contributed by atoms with van der Waals surface area (Å²) in [5, 5.41) is 6.19. The summed E-state index contributed by atoms with van der Waals surface area (Å²) >= 11 is 0. The highest BCUT2D eigenvalue weighted by Crippen LogP contribution is 2.70. The van der Waals surface area contributed by atoms with Crippen molar-refractivity contribution in [3.63, 3.8) is 0 Å². The van der Waals surface area contributed by atoms with Crippen LogP contribution >= 0.6 is 0 Å². The molecule has 2 N–H and O–H groups in total. The number of hydrogen-bond donors (Lipinski definition) is 2. The van der Waals surface area contributed by atoms with E-state index in [1.54, 1.807) is 5.57 Å². The van der Waals surface area contributed by atoms with Crippen molar-refractivity contribution in [2.45, 2.75) is 110 Å². The Kier molecular flexibility index (Phi) is 8.24. The van der Waals surface area contributed by atoms with E-state index in [1.165, 1.54) is 25.7 Å². The molecule has 44 heavy (non-hydrogen) atoms. The first-order valence-corrected chi connectivity index (χ1v) is 18.0. The van der Waals surface area contributed by atoms with E-state index in [9.17, 15) is 9.59 Å². The number of piperazine rings is 1. The first-order valence-electron chi connectivity index (χ1n) is 18.0. The molecule has 7 rings (SSSR count). The highest BCUT2D eigenvalue weighted by Gasteiger charge is 2.68. The summed E-state index contributed by atoms with van der Waals surface area (Å²) in [5.74, 6) is 3.20. The molecule has 0 radical (unpaired) electrons. The van der Waals surface area contributed by atoms with Crippen LogP contribution in [0.15, 0.2) is 11.6 Å². The fourth-order valence-electron chi connectivity index (χ4n) is 11.5.